The molecule has 3 heteroatoms. The first-order valence-electron chi connectivity index (χ1n) is 6.26. The van der Waals surface area contributed by atoms with E-state index in [0.717, 1.165) is 11.8 Å². The van der Waals surface area contributed by atoms with Crippen molar-refractivity contribution in [3.8, 4) is 0 Å². The van der Waals surface area contributed by atoms with Gasteiger partial charge in [-0.25, -0.2) is 8.78 Å². The minimum Gasteiger partial charge on any atom is -0.378 e. The predicted molar refractivity (Wildman–Crippen MR) is 74.3 cm³/mol. The van der Waals surface area contributed by atoms with E-state index in [1.807, 2.05) is 39.0 Å². The van der Waals surface area contributed by atoms with Gasteiger partial charge in [0.05, 0.1) is 6.04 Å². The van der Waals surface area contributed by atoms with Crippen LogP contribution in [0, 0.1) is 25.5 Å². The second-order valence-electron chi connectivity index (χ2n) is 4.83. The number of hydrogen-bond acceptors (Lipinski definition) is 1. The van der Waals surface area contributed by atoms with Crippen LogP contribution in [0.25, 0.3) is 0 Å². The molecule has 19 heavy (non-hydrogen) atoms. The van der Waals surface area contributed by atoms with E-state index in [4.69, 9.17) is 0 Å². The van der Waals surface area contributed by atoms with Crippen LogP contribution in [0.15, 0.2) is 36.4 Å². The quantitative estimate of drug-likeness (QED) is 0.840. The molecule has 0 saturated heterocycles. The van der Waals surface area contributed by atoms with Crippen LogP contribution in [0.5, 0.6) is 0 Å². The zero-order valence-electron chi connectivity index (χ0n) is 11.3. The Labute approximate surface area is 112 Å². The van der Waals surface area contributed by atoms with Crippen molar-refractivity contribution in [1.29, 1.82) is 0 Å². The average Bonchev–Trinajstić information content (AvgIpc) is 2.33. The summed E-state index contributed by atoms with van der Waals surface area (Å²) in [6, 6.07) is 9.44. The third-order valence-corrected chi connectivity index (χ3v) is 3.32. The smallest absolute Gasteiger partial charge is 0.131 e. The van der Waals surface area contributed by atoms with Gasteiger partial charge in [0.25, 0.3) is 0 Å². The summed E-state index contributed by atoms with van der Waals surface area (Å²) in [4.78, 5) is 0. The second-order valence-corrected chi connectivity index (χ2v) is 4.83. The Bertz CT molecular complexity index is 593. The van der Waals surface area contributed by atoms with Crippen molar-refractivity contribution < 1.29 is 8.78 Å². The first kappa shape index (κ1) is 13.5. The van der Waals surface area contributed by atoms with Crippen LogP contribution in [0.1, 0.15) is 29.7 Å². The molecular weight excluding hydrogens is 244 g/mol. The van der Waals surface area contributed by atoms with Crippen molar-refractivity contribution in [2.75, 3.05) is 5.32 Å². The van der Waals surface area contributed by atoms with Gasteiger partial charge >= 0.3 is 0 Å². The molecule has 0 amide bonds. The maximum atomic E-state index is 13.7. The Kier molecular flexibility index (Phi) is 3.84. The summed E-state index contributed by atoms with van der Waals surface area (Å²) in [6.45, 7) is 5.93. The molecule has 1 nitrogen and oxygen atoms in total. The molecule has 1 unspecified atom stereocenters. The topological polar surface area (TPSA) is 12.0 Å². The minimum atomic E-state index is -0.556. The van der Waals surface area contributed by atoms with Crippen molar-refractivity contribution in [3.05, 3.63) is 64.7 Å². The Morgan fingerprint density at radius 3 is 2.32 bits per heavy atom. The summed E-state index contributed by atoms with van der Waals surface area (Å²) in [5.74, 6) is -1.08. The van der Waals surface area contributed by atoms with Gasteiger partial charge < -0.3 is 5.32 Å². The minimum absolute atomic E-state index is 0.220. The van der Waals surface area contributed by atoms with Gasteiger partial charge in [0.1, 0.15) is 11.6 Å². The first-order chi connectivity index (χ1) is 8.97. The van der Waals surface area contributed by atoms with E-state index < -0.39 is 11.6 Å². The molecule has 0 heterocycles. The van der Waals surface area contributed by atoms with E-state index >= 15 is 0 Å². The summed E-state index contributed by atoms with van der Waals surface area (Å²) in [7, 11) is 0. The standard InChI is InChI=1S/C16H17F2N/c1-10-4-6-14(8-11(10)2)19-12(3)15-7-5-13(17)9-16(15)18/h4-9,12,19H,1-3H3. The van der Waals surface area contributed by atoms with Gasteiger partial charge in [-0.15, -0.1) is 0 Å². The molecule has 0 spiro atoms. The molecule has 0 aliphatic carbocycles. The maximum absolute atomic E-state index is 13.7. The zero-order chi connectivity index (χ0) is 14.0. The molecule has 0 bridgehead atoms. The summed E-state index contributed by atoms with van der Waals surface area (Å²) in [5, 5.41) is 3.22. The van der Waals surface area contributed by atoms with E-state index in [1.54, 1.807) is 0 Å². The Balaban J connectivity index is 2.20. The van der Waals surface area contributed by atoms with Crippen LogP contribution in [0.4, 0.5) is 14.5 Å². The Morgan fingerprint density at radius 1 is 0.947 bits per heavy atom. The lowest BCUT2D eigenvalue weighted by molar-refractivity contribution is 0.566. The fourth-order valence-electron chi connectivity index (χ4n) is 2.01. The molecule has 1 N–H and O–H groups in total. The number of benzene rings is 2. The molecule has 2 rings (SSSR count). The van der Waals surface area contributed by atoms with Crippen molar-refractivity contribution in [2.24, 2.45) is 0 Å². The fourth-order valence-corrected chi connectivity index (χ4v) is 2.01. The van der Waals surface area contributed by atoms with Crippen LogP contribution in [0.2, 0.25) is 0 Å². The number of nitrogens with one attached hydrogen (secondary N) is 1. The second kappa shape index (κ2) is 5.39. The van der Waals surface area contributed by atoms with Crippen molar-refractivity contribution in [2.45, 2.75) is 26.8 Å². The summed E-state index contributed by atoms with van der Waals surface area (Å²) in [5.41, 5.74) is 3.78. The third kappa shape index (κ3) is 3.11. The molecule has 0 aliphatic rings. The normalized spacial score (nSPS) is 12.3. The largest absolute Gasteiger partial charge is 0.378 e. The highest BCUT2D eigenvalue weighted by Crippen LogP contribution is 2.23. The average molecular weight is 261 g/mol. The summed E-state index contributed by atoms with van der Waals surface area (Å²) in [6.07, 6.45) is 0. The molecule has 100 valence electrons. The van der Waals surface area contributed by atoms with Crippen LogP contribution >= 0.6 is 0 Å². The monoisotopic (exact) mass is 261 g/mol. The highest BCUT2D eigenvalue weighted by Gasteiger charge is 2.11. The number of hydrogen-bond donors (Lipinski definition) is 1. The maximum Gasteiger partial charge on any atom is 0.131 e. The van der Waals surface area contributed by atoms with E-state index in [-0.39, 0.29) is 6.04 Å². The van der Waals surface area contributed by atoms with Crippen LogP contribution in [-0.4, -0.2) is 0 Å². The highest BCUT2D eigenvalue weighted by atomic mass is 19.1. The molecule has 0 fully saturated rings. The van der Waals surface area contributed by atoms with Gasteiger partial charge in [0.2, 0.25) is 0 Å². The lowest BCUT2D eigenvalue weighted by atomic mass is 10.1. The van der Waals surface area contributed by atoms with Crippen LogP contribution in [-0.2, 0) is 0 Å². The number of anilines is 1. The zero-order valence-corrected chi connectivity index (χ0v) is 11.3. The van der Waals surface area contributed by atoms with Crippen molar-refractivity contribution in [3.63, 3.8) is 0 Å². The molecule has 0 aliphatic heterocycles. The lowest BCUT2D eigenvalue weighted by Crippen LogP contribution is -2.09. The molecule has 1 atom stereocenters. The van der Waals surface area contributed by atoms with Gasteiger partial charge in [-0.1, -0.05) is 12.1 Å². The number of rotatable bonds is 3. The van der Waals surface area contributed by atoms with Gasteiger partial charge in [-0.3, -0.25) is 0 Å². The van der Waals surface area contributed by atoms with Crippen molar-refractivity contribution in [1.82, 2.24) is 0 Å². The highest BCUT2D eigenvalue weighted by molar-refractivity contribution is 5.49. The predicted octanol–water partition coefficient (Wildman–Crippen LogP) is 4.75. The molecule has 0 saturated carbocycles. The molecule has 0 aromatic heterocycles. The van der Waals surface area contributed by atoms with Gasteiger partial charge in [0, 0.05) is 17.3 Å². The van der Waals surface area contributed by atoms with Crippen molar-refractivity contribution >= 4 is 5.69 Å². The Hall–Kier alpha value is -1.90. The van der Waals surface area contributed by atoms with E-state index in [1.165, 1.54) is 23.3 Å². The third-order valence-electron chi connectivity index (χ3n) is 3.32. The molecular formula is C16H17F2N. The molecule has 0 radical (unpaired) electrons. The lowest BCUT2D eigenvalue weighted by Gasteiger charge is -2.17. The van der Waals surface area contributed by atoms with Gasteiger partial charge in [0.15, 0.2) is 0 Å². The first-order valence-corrected chi connectivity index (χ1v) is 6.26. The van der Waals surface area contributed by atoms with Crippen LogP contribution in [0.3, 0.4) is 0 Å². The number of aryl methyl sites for hydroxylation is 2. The molecule has 2 aromatic carbocycles. The van der Waals surface area contributed by atoms with E-state index in [9.17, 15) is 8.78 Å². The van der Waals surface area contributed by atoms with E-state index in [0.29, 0.717) is 5.56 Å². The van der Waals surface area contributed by atoms with Crippen LogP contribution < -0.4 is 5.32 Å². The summed E-state index contributed by atoms with van der Waals surface area (Å²) >= 11 is 0. The number of halogens is 2. The van der Waals surface area contributed by atoms with E-state index in [2.05, 4.69) is 5.32 Å². The summed E-state index contributed by atoms with van der Waals surface area (Å²) < 4.78 is 26.5. The fraction of sp³-hybridized carbons (Fsp3) is 0.250. The Morgan fingerprint density at radius 2 is 1.68 bits per heavy atom. The van der Waals surface area contributed by atoms with Gasteiger partial charge in [-0.05, 0) is 50.1 Å². The molecule has 2 aromatic rings. The SMILES string of the molecule is Cc1ccc(NC(C)c2ccc(F)cc2F)cc1C. The van der Waals surface area contributed by atoms with Gasteiger partial charge in [-0.2, -0.15) is 0 Å².